The number of amides is 1. The summed E-state index contributed by atoms with van der Waals surface area (Å²) in [4.78, 5) is 20.1. The fraction of sp³-hybridized carbons (Fsp3) is 0.364. The molecule has 0 saturated carbocycles. The summed E-state index contributed by atoms with van der Waals surface area (Å²) in [5.74, 6) is -1.42. The number of hydrogen-bond acceptors (Lipinski definition) is 7. The Hall–Kier alpha value is -4.27. The highest BCUT2D eigenvalue weighted by Crippen LogP contribution is 2.38. The predicted molar refractivity (Wildman–Crippen MR) is 181 cm³/mol. The highest BCUT2D eigenvalue weighted by molar-refractivity contribution is 7.90. The van der Waals surface area contributed by atoms with Crippen LogP contribution in [0.4, 0.5) is 25.0 Å². The zero-order valence-corrected chi connectivity index (χ0v) is 28.4. The normalized spacial score (nSPS) is 16.0. The number of halogens is 3. The lowest BCUT2D eigenvalue weighted by Crippen LogP contribution is -2.50. The van der Waals surface area contributed by atoms with Crippen LogP contribution < -0.4 is 9.62 Å². The Bertz CT molecular complexity index is 1920. The molecule has 15 heteroatoms. The molecule has 1 N–H and O–H groups in total. The number of anilines is 2. The van der Waals surface area contributed by atoms with E-state index in [-0.39, 0.29) is 33.6 Å². The van der Waals surface area contributed by atoms with Gasteiger partial charge < -0.3 is 14.5 Å². The van der Waals surface area contributed by atoms with Crippen LogP contribution >= 0.6 is 11.6 Å². The SMILES string of the molecule is CC(C)(C)OC(=O)N1CCN(c2ccc(-n3cc(-c4cc(Cl)cc(NS(=O)(=O)N5CCCC5)c4F)c(-c4ccncc4)n3)c(F)c2)CC1. The summed E-state index contributed by atoms with van der Waals surface area (Å²) < 4.78 is 68.4. The minimum Gasteiger partial charge on any atom is -0.444 e. The summed E-state index contributed by atoms with van der Waals surface area (Å²) in [5, 5.41) is 4.75. The second-order valence-corrected chi connectivity index (χ2v) is 14.8. The molecule has 6 rings (SSSR count). The number of hydrogen-bond donors (Lipinski definition) is 1. The Balaban J connectivity index is 1.31. The molecule has 4 aromatic rings. The van der Waals surface area contributed by atoms with Gasteiger partial charge in [-0.2, -0.15) is 17.8 Å². The maximum Gasteiger partial charge on any atom is 0.410 e. The van der Waals surface area contributed by atoms with E-state index < -0.39 is 27.4 Å². The molecule has 0 radical (unpaired) electrons. The number of carbonyl (C=O) groups excluding carboxylic acids is 1. The molecule has 2 aliphatic rings. The van der Waals surface area contributed by atoms with Crippen molar-refractivity contribution in [3.63, 3.8) is 0 Å². The molecule has 2 aromatic heterocycles. The van der Waals surface area contributed by atoms with E-state index in [4.69, 9.17) is 16.3 Å². The van der Waals surface area contributed by atoms with Crippen LogP contribution in [0, 0.1) is 11.6 Å². The number of nitrogens with zero attached hydrogens (tertiary/aromatic N) is 6. The molecule has 1 amide bonds. The van der Waals surface area contributed by atoms with Crippen LogP contribution in [0.15, 0.2) is 61.1 Å². The first-order valence-corrected chi connectivity index (χ1v) is 17.4. The summed E-state index contributed by atoms with van der Waals surface area (Å²) in [5.41, 5.74) is 1.00. The maximum absolute atomic E-state index is 16.2. The lowest BCUT2D eigenvalue weighted by Gasteiger charge is -2.36. The molecule has 2 aliphatic heterocycles. The van der Waals surface area contributed by atoms with Crippen molar-refractivity contribution in [3.05, 3.63) is 77.7 Å². The first-order valence-electron chi connectivity index (χ1n) is 15.6. The lowest BCUT2D eigenvalue weighted by molar-refractivity contribution is 0.0240. The minimum atomic E-state index is -4.01. The van der Waals surface area contributed by atoms with Gasteiger partial charge in [-0.3, -0.25) is 9.71 Å². The lowest BCUT2D eigenvalue weighted by atomic mass is 10.0. The Morgan fingerprint density at radius 1 is 0.938 bits per heavy atom. The summed E-state index contributed by atoms with van der Waals surface area (Å²) in [6.45, 7) is 7.98. The minimum absolute atomic E-state index is 0.0143. The van der Waals surface area contributed by atoms with Crippen LogP contribution in [0.1, 0.15) is 33.6 Å². The van der Waals surface area contributed by atoms with Gasteiger partial charge in [-0.1, -0.05) is 11.6 Å². The van der Waals surface area contributed by atoms with Crippen molar-refractivity contribution in [1.82, 2.24) is 24.0 Å². The van der Waals surface area contributed by atoms with Crippen LogP contribution in [-0.4, -0.2) is 83.4 Å². The Morgan fingerprint density at radius 3 is 2.27 bits per heavy atom. The van der Waals surface area contributed by atoms with Gasteiger partial charge in [-0.05, 0) is 76.1 Å². The molecule has 0 unspecified atom stereocenters. The molecular weight excluding hydrogens is 664 g/mol. The van der Waals surface area contributed by atoms with E-state index in [1.54, 1.807) is 41.6 Å². The van der Waals surface area contributed by atoms with Gasteiger partial charge in [0.1, 0.15) is 17.0 Å². The number of ether oxygens (including phenoxy) is 1. The summed E-state index contributed by atoms with van der Waals surface area (Å²) >= 11 is 6.41. The summed E-state index contributed by atoms with van der Waals surface area (Å²) in [7, 11) is -4.01. The van der Waals surface area contributed by atoms with Gasteiger partial charge in [0.2, 0.25) is 0 Å². The molecule has 2 fully saturated rings. The summed E-state index contributed by atoms with van der Waals surface area (Å²) in [6, 6.07) is 10.7. The highest BCUT2D eigenvalue weighted by atomic mass is 35.5. The van der Waals surface area contributed by atoms with Crippen LogP contribution in [0.3, 0.4) is 0 Å². The van der Waals surface area contributed by atoms with E-state index in [0.29, 0.717) is 56.2 Å². The first-order chi connectivity index (χ1) is 22.8. The molecule has 254 valence electrons. The van der Waals surface area contributed by atoms with Crippen molar-refractivity contribution in [2.75, 3.05) is 48.9 Å². The molecular formula is C33H36ClF2N7O4S. The third-order valence-electron chi connectivity index (χ3n) is 8.11. The third kappa shape index (κ3) is 7.25. The first kappa shape index (κ1) is 33.6. The molecule has 0 spiro atoms. The van der Waals surface area contributed by atoms with Crippen LogP contribution in [0.25, 0.3) is 28.1 Å². The number of piperazine rings is 1. The molecule has 2 aromatic carbocycles. The van der Waals surface area contributed by atoms with Gasteiger partial charge in [0, 0.05) is 85.3 Å². The molecule has 0 atom stereocenters. The van der Waals surface area contributed by atoms with Crippen molar-refractivity contribution in [2.45, 2.75) is 39.2 Å². The number of rotatable bonds is 7. The van der Waals surface area contributed by atoms with Crippen molar-refractivity contribution >= 4 is 39.3 Å². The molecule has 2 saturated heterocycles. The zero-order chi connectivity index (χ0) is 34.2. The Labute approximate surface area is 283 Å². The molecule has 48 heavy (non-hydrogen) atoms. The van der Waals surface area contributed by atoms with Crippen molar-refractivity contribution in [3.8, 4) is 28.1 Å². The van der Waals surface area contributed by atoms with Gasteiger partial charge in [0.15, 0.2) is 11.6 Å². The van der Waals surface area contributed by atoms with E-state index >= 15 is 8.78 Å². The Kier molecular flexibility index (Phi) is 9.33. The molecule has 0 aliphatic carbocycles. The number of nitrogens with one attached hydrogen (secondary N) is 1. The van der Waals surface area contributed by atoms with E-state index in [1.165, 1.54) is 33.4 Å². The number of benzene rings is 2. The van der Waals surface area contributed by atoms with Gasteiger partial charge in [-0.25, -0.2) is 18.3 Å². The van der Waals surface area contributed by atoms with Crippen LogP contribution in [0.2, 0.25) is 5.02 Å². The second kappa shape index (κ2) is 13.3. The van der Waals surface area contributed by atoms with E-state index in [1.807, 2.05) is 25.7 Å². The van der Waals surface area contributed by atoms with E-state index in [0.717, 1.165) is 12.8 Å². The monoisotopic (exact) mass is 699 g/mol. The van der Waals surface area contributed by atoms with Gasteiger partial charge in [0.05, 0.1) is 5.69 Å². The van der Waals surface area contributed by atoms with Crippen molar-refractivity contribution < 1.29 is 26.7 Å². The van der Waals surface area contributed by atoms with E-state index in [2.05, 4.69) is 14.8 Å². The molecule has 11 nitrogen and oxygen atoms in total. The van der Waals surface area contributed by atoms with E-state index in [9.17, 15) is 13.2 Å². The molecule has 0 bridgehead atoms. The van der Waals surface area contributed by atoms with Crippen LogP contribution in [0.5, 0.6) is 0 Å². The third-order valence-corrected chi connectivity index (χ3v) is 9.86. The zero-order valence-electron chi connectivity index (χ0n) is 26.8. The standard InChI is InChI=1S/C33H36ClF2N7O4S/c1-33(2,3)47-32(44)41-16-14-40(15-17-41)24-6-7-29(27(35)20-24)43-21-26(31(38-43)22-8-10-37-11-9-22)25-18-23(34)19-28(30(25)36)39-48(45,46)42-12-4-5-13-42/h6-11,18-21,39H,4-5,12-17H2,1-3H3. The van der Waals surface area contributed by atoms with Crippen molar-refractivity contribution in [1.29, 1.82) is 0 Å². The number of pyridine rings is 1. The van der Waals surface area contributed by atoms with Crippen LogP contribution in [-0.2, 0) is 14.9 Å². The maximum atomic E-state index is 16.2. The topological polar surface area (TPSA) is 113 Å². The predicted octanol–water partition coefficient (Wildman–Crippen LogP) is 6.34. The summed E-state index contributed by atoms with van der Waals surface area (Å²) in [6.07, 6.45) is 5.67. The van der Waals surface area contributed by atoms with Gasteiger partial charge >= 0.3 is 16.3 Å². The second-order valence-electron chi connectivity index (χ2n) is 12.7. The fourth-order valence-electron chi connectivity index (χ4n) is 5.76. The fourth-order valence-corrected chi connectivity index (χ4v) is 7.27. The average Bonchev–Trinajstić information content (AvgIpc) is 3.74. The molecule has 4 heterocycles. The van der Waals surface area contributed by atoms with Gasteiger partial charge in [0.25, 0.3) is 0 Å². The average molecular weight is 700 g/mol. The number of aromatic nitrogens is 3. The smallest absolute Gasteiger partial charge is 0.410 e. The Morgan fingerprint density at radius 2 is 1.62 bits per heavy atom. The van der Waals surface area contributed by atoms with Gasteiger partial charge in [-0.15, -0.1) is 0 Å². The highest BCUT2D eigenvalue weighted by Gasteiger charge is 2.29. The quantitative estimate of drug-likeness (QED) is 0.240. The number of carbonyl (C=O) groups is 1. The van der Waals surface area contributed by atoms with Crippen molar-refractivity contribution in [2.24, 2.45) is 0 Å². The largest absolute Gasteiger partial charge is 0.444 e.